The lowest BCUT2D eigenvalue weighted by Crippen LogP contribution is -2.34. The first kappa shape index (κ1) is 14.7. The van der Waals surface area contributed by atoms with E-state index in [2.05, 4.69) is 42.8 Å². The van der Waals surface area contributed by atoms with Gasteiger partial charge in [0.15, 0.2) is 0 Å². The summed E-state index contributed by atoms with van der Waals surface area (Å²) in [5.74, 6) is 0. The van der Waals surface area contributed by atoms with Crippen LogP contribution in [0.25, 0.3) is 0 Å². The Morgan fingerprint density at radius 3 is 2.41 bits per heavy atom. The number of hydrogen-bond donors (Lipinski definition) is 1. The summed E-state index contributed by atoms with van der Waals surface area (Å²) in [6, 6.07) is 8.05. The fourth-order valence-electron chi connectivity index (χ4n) is 1.59. The number of ether oxygens (including phenoxy) is 1. The van der Waals surface area contributed by atoms with Gasteiger partial charge in [0.1, 0.15) is 0 Å². The Bertz CT molecular complexity index is 363. The third kappa shape index (κ3) is 4.09. The van der Waals surface area contributed by atoms with E-state index in [4.69, 9.17) is 10.5 Å². The summed E-state index contributed by atoms with van der Waals surface area (Å²) in [5, 5.41) is 0. The van der Waals surface area contributed by atoms with Crippen LogP contribution in [0.3, 0.4) is 0 Å². The molecule has 2 atom stereocenters. The summed E-state index contributed by atoms with van der Waals surface area (Å²) in [5.41, 5.74) is 7.01. The molecule has 0 aromatic heterocycles. The highest BCUT2D eigenvalue weighted by Crippen LogP contribution is 2.32. The van der Waals surface area contributed by atoms with Crippen LogP contribution >= 0.6 is 15.9 Å². The molecule has 0 aliphatic carbocycles. The third-order valence-electron chi connectivity index (χ3n) is 2.99. The van der Waals surface area contributed by atoms with Crippen molar-refractivity contribution in [3.8, 4) is 0 Å². The summed E-state index contributed by atoms with van der Waals surface area (Å²) in [4.78, 5) is 0. The second-order valence-electron chi connectivity index (χ2n) is 5.03. The molecule has 2 nitrogen and oxygen atoms in total. The van der Waals surface area contributed by atoms with Gasteiger partial charge in [0.05, 0.1) is 11.7 Å². The van der Waals surface area contributed by atoms with E-state index < -0.39 is 0 Å². The first-order valence-electron chi connectivity index (χ1n) is 6.05. The molecule has 0 spiro atoms. The van der Waals surface area contributed by atoms with Crippen LogP contribution < -0.4 is 5.73 Å². The molecule has 0 heterocycles. The minimum absolute atomic E-state index is 0.0421. The molecule has 1 aromatic carbocycles. The fraction of sp³-hybridized carbons (Fsp3) is 0.571. The smallest absolute Gasteiger partial charge is 0.0991 e. The van der Waals surface area contributed by atoms with E-state index in [0.717, 1.165) is 16.5 Å². The highest BCUT2D eigenvalue weighted by atomic mass is 79.9. The summed E-state index contributed by atoms with van der Waals surface area (Å²) in [7, 11) is 0. The van der Waals surface area contributed by atoms with Crippen LogP contribution in [0.5, 0.6) is 0 Å². The maximum atomic E-state index is 6.16. The van der Waals surface area contributed by atoms with Gasteiger partial charge in [0.25, 0.3) is 0 Å². The fourth-order valence-corrected chi connectivity index (χ4v) is 2.10. The van der Waals surface area contributed by atoms with E-state index >= 15 is 0 Å². The van der Waals surface area contributed by atoms with Crippen LogP contribution in [0.15, 0.2) is 28.7 Å². The van der Waals surface area contributed by atoms with Crippen LogP contribution in [0.2, 0.25) is 0 Å². The molecule has 0 saturated carbocycles. The maximum Gasteiger partial charge on any atom is 0.0991 e. The van der Waals surface area contributed by atoms with Crippen molar-refractivity contribution in [1.29, 1.82) is 0 Å². The molecule has 0 aliphatic heterocycles. The van der Waals surface area contributed by atoms with Gasteiger partial charge >= 0.3 is 0 Å². The van der Waals surface area contributed by atoms with Gasteiger partial charge in [-0.05, 0) is 38.8 Å². The zero-order valence-electron chi connectivity index (χ0n) is 11.0. The number of hydrogen-bond acceptors (Lipinski definition) is 2. The average molecular weight is 300 g/mol. The first-order valence-corrected chi connectivity index (χ1v) is 6.84. The molecule has 17 heavy (non-hydrogen) atoms. The Kier molecular flexibility index (Phi) is 5.17. The van der Waals surface area contributed by atoms with Crippen molar-refractivity contribution in [2.75, 3.05) is 0 Å². The van der Waals surface area contributed by atoms with Crippen molar-refractivity contribution >= 4 is 15.9 Å². The van der Waals surface area contributed by atoms with E-state index in [1.807, 2.05) is 25.1 Å². The Labute approximate surface area is 113 Å². The summed E-state index contributed by atoms with van der Waals surface area (Å²) < 4.78 is 7.21. The Morgan fingerprint density at radius 1 is 1.35 bits per heavy atom. The van der Waals surface area contributed by atoms with Gasteiger partial charge < -0.3 is 10.5 Å². The monoisotopic (exact) mass is 299 g/mol. The Balaban J connectivity index is 2.99. The molecule has 3 heteroatoms. The van der Waals surface area contributed by atoms with E-state index in [1.54, 1.807) is 0 Å². The molecule has 1 aromatic rings. The normalized spacial score (nSPS) is 15.6. The van der Waals surface area contributed by atoms with Gasteiger partial charge in [-0.1, -0.05) is 41.1 Å². The summed E-state index contributed by atoms with van der Waals surface area (Å²) in [6.07, 6.45) is 0.876. The van der Waals surface area contributed by atoms with E-state index in [-0.39, 0.29) is 17.7 Å². The minimum Gasteiger partial charge on any atom is -0.366 e. The van der Waals surface area contributed by atoms with Gasteiger partial charge in [-0.3, -0.25) is 0 Å². The van der Waals surface area contributed by atoms with Crippen molar-refractivity contribution in [3.63, 3.8) is 0 Å². The lowest BCUT2D eigenvalue weighted by Gasteiger charge is -2.32. The zero-order chi connectivity index (χ0) is 13.1. The molecule has 0 saturated heterocycles. The molecular formula is C14H22BrNO. The number of halogens is 1. The highest BCUT2D eigenvalue weighted by molar-refractivity contribution is 9.10. The van der Waals surface area contributed by atoms with Gasteiger partial charge in [-0.2, -0.15) is 0 Å². The quantitative estimate of drug-likeness (QED) is 0.890. The van der Waals surface area contributed by atoms with Crippen LogP contribution in [-0.4, -0.2) is 11.6 Å². The van der Waals surface area contributed by atoms with Crippen LogP contribution in [-0.2, 0) is 4.74 Å². The predicted molar refractivity (Wildman–Crippen MR) is 76.0 cm³/mol. The van der Waals surface area contributed by atoms with Gasteiger partial charge in [-0.15, -0.1) is 0 Å². The van der Waals surface area contributed by atoms with Crippen LogP contribution in [0, 0.1) is 0 Å². The number of nitrogens with two attached hydrogens (primary N) is 1. The SMILES string of the molecule is CCC(C)(C)OC(c1ccccc1Br)C(C)N. The van der Waals surface area contributed by atoms with Gasteiger partial charge in [0, 0.05) is 10.5 Å². The van der Waals surface area contributed by atoms with Crippen molar-refractivity contribution in [1.82, 2.24) is 0 Å². The summed E-state index contributed by atoms with van der Waals surface area (Å²) >= 11 is 3.56. The highest BCUT2D eigenvalue weighted by Gasteiger charge is 2.26. The van der Waals surface area contributed by atoms with Crippen molar-refractivity contribution in [3.05, 3.63) is 34.3 Å². The molecule has 2 N–H and O–H groups in total. The van der Waals surface area contributed by atoms with Gasteiger partial charge in [0.2, 0.25) is 0 Å². The number of benzene rings is 1. The lowest BCUT2D eigenvalue weighted by atomic mass is 10.0. The molecule has 0 fully saturated rings. The first-order chi connectivity index (χ1) is 7.87. The van der Waals surface area contributed by atoms with Gasteiger partial charge in [-0.25, -0.2) is 0 Å². The second-order valence-corrected chi connectivity index (χ2v) is 5.89. The Hall–Kier alpha value is -0.380. The maximum absolute atomic E-state index is 6.16. The lowest BCUT2D eigenvalue weighted by molar-refractivity contribution is -0.0836. The predicted octanol–water partition coefficient (Wildman–Crippen LogP) is 4.04. The molecule has 0 amide bonds. The molecule has 0 bridgehead atoms. The average Bonchev–Trinajstić information content (AvgIpc) is 2.27. The van der Waals surface area contributed by atoms with Crippen molar-refractivity contribution < 1.29 is 4.74 Å². The van der Waals surface area contributed by atoms with Crippen molar-refractivity contribution in [2.24, 2.45) is 5.73 Å². The van der Waals surface area contributed by atoms with Crippen molar-refractivity contribution in [2.45, 2.75) is 51.9 Å². The largest absolute Gasteiger partial charge is 0.366 e. The Morgan fingerprint density at radius 2 is 1.94 bits per heavy atom. The second kappa shape index (κ2) is 5.98. The third-order valence-corrected chi connectivity index (χ3v) is 3.71. The topological polar surface area (TPSA) is 35.2 Å². The molecule has 1 rings (SSSR count). The molecular weight excluding hydrogens is 278 g/mol. The standard InChI is InChI=1S/C14H22BrNO/c1-5-14(3,4)17-13(10(2)16)11-8-6-7-9-12(11)15/h6-10,13H,5,16H2,1-4H3. The zero-order valence-corrected chi connectivity index (χ0v) is 12.6. The molecule has 0 radical (unpaired) electrons. The summed E-state index contributed by atoms with van der Waals surface area (Å²) in [6.45, 7) is 8.30. The van der Waals surface area contributed by atoms with Crippen LogP contribution in [0.4, 0.5) is 0 Å². The minimum atomic E-state index is -0.159. The number of rotatable bonds is 5. The molecule has 0 aliphatic rings. The van der Waals surface area contributed by atoms with E-state index in [1.165, 1.54) is 0 Å². The molecule has 2 unspecified atom stereocenters. The molecule has 96 valence electrons. The van der Waals surface area contributed by atoms with E-state index in [9.17, 15) is 0 Å². The van der Waals surface area contributed by atoms with Crippen LogP contribution in [0.1, 0.15) is 45.8 Å². The van der Waals surface area contributed by atoms with E-state index in [0.29, 0.717) is 0 Å².